The number of nitrogens with two attached hydrogens (primary N) is 1. The minimum Gasteiger partial charge on any atom is -0.399 e. The van der Waals surface area contributed by atoms with Gasteiger partial charge in [0.1, 0.15) is 11.6 Å². The first-order chi connectivity index (χ1) is 8.88. The molecule has 0 bridgehead atoms. The summed E-state index contributed by atoms with van der Waals surface area (Å²) in [5, 5.41) is 0. The van der Waals surface area contributed by atoms with Crippen molar-refractivity contribution in [2.75, 3.05) is 5.73 Å². The summed E-state index contributed by atoms with van der Waals surface area (Å²) in [7, 11) is 0. The van der Waals surface area contributed by atoms with Gasteiger partial charge in [-0.25, -0.2) is 8.78 Å². The van der Waals surface area contributed by atoms with E-state index in [1.807, 2.05) is 0 Å². The van der Waals surface area contributed by atoms with Gasteiger partial charge < -0.3 is 5.73 Å². The first kappa shape index (κ1) is 13.2. The van der Waals surface area contributed by atoms with Crippen LogP contribution in [0.5, 0.6) is 0 Å². The molecule has 2 N–H and O–H groups in total. The molecule has 0 amide bonds. The van der Waals surface area contributed by atoms with Gasteiger partial charge >= 0.3 is 0 Å². The highest BCUT2D eigenvalue weighted by molar-refractivity contribution is 6.09. The number of rotatable bonds is 2. The summed E-state index contributed by atoms with van der Waals surface area (Å²) in [4.78, 5) is 12.2. The second-order valence-corrected chi connectivity index (χ2v) is 4.54. The van der Waals surface area contributed by atoms with Crippen LogP contribution in [0, 0.1) is 25.5 Å². The Hall–Kier alpha value is -2.23. The first-order valence-electron chi connectivity index (χ1n) is 5.76. The molecule has 19 heavy (non-hydrogen) atoms. The maximum Gasteiger partial charge on any atom is 0.196 e. The largest absolute Gasteiger partial charge is 0.399 e. The number of benzene rings is 2. The van der Waals surface area contributed by atoms with E-state index in [-0.39, 0.29) is 11.1 Å². The highest BCUT2D eigenvalue weighted by atomic mass is 19.1. The molecule has 2 aromatic rings. The molecule has 0 fully saturated rings. The fourth-order valence-electron chi connectivity index (χ4n) is 1.93. The number of carbonyl (C=O) groups excluding carboxylic acids is 1. The number of aryl methyl sites for hydroxylation is 2. The highest BCUT2D eigenvalue weighted by Crippen LogP contribution is 2.20. The van der Waals surface area contributed by atoms with Gasteiger partial charge in [0.25, 0.3) is 0 Å². The van der Waals surface area contributed by atoms with Crippen molar-refractivity contribution in [2.45, 2.75) is 13.8 Å². The van der Waals surface area contributed by atoms with Crippen LogP contribution in [-0.2, 0) is 0 Å². The lowest BCUT2D eigenvalue weighted by Crippen LogP contribution is -2.07. The molecule has 2 nitrogen and oxygen atoms in total. The van der Waals surface area contributed by atoms with E-state index in [0.29, 0.717) is 11.3 Å². The molecule has 4 heteroatoms. The zero-order valence-electron chi connectivity index (χ0n) is 10.6. The summed E-state index contributed by atoms with van der Waals surface area (Å²) < 4.78 is 26.9. The van der Waals surface area contributed by atoms with Gasteiger partial charge in [0.05, 0.1) is 5.56 Å². The van der Waals surface area contributed by atoms with Crippen LogP contribution in [0.2, 0.25) is 0 Å². The molecule has 0 saturated carbocycles. The fourth-order valence-corrected chi connectivity index (χ4v) is 1.93. The van der Waals surface area contributed by atoms with Gasteiger partial charge in [0.2, 0.25) is 0 Å². The highest BCUT2D eigenvalue weighted by Gasteiger charge is 2.16. The molecule has 0 radical (unpaired) electrons. The van der Waals surface area contributed by atoms with Crippen molar-refractivity contribution < 1.29 is 13.6 Å². The summed E-state index contributed by atoms with van der Waals surface area (Å²) in [5.41, 5.74) is 7.27. The zero-order chi connectivity index (χ0) is 14.2. The predicted molar refractivity (Wildman–Crippen MR) is 70.1 cm³/mol. The fraction of sp³-hybridized carbons (Fsp3) is 0.133. The van der Waals surface area contributed by atoms with E-state index < -0.39 is 17.4 Å². The number of hydrogen-bond donors (Lipinski definition) is 1. The monoisotopic (exact) mass is 261 g/mol. The molecule has 2 aromatic carbocycles. The van der Waals surface area contributed by atoms with E-state index in [9.17, 15) is 13.6 Å². The van der Waals surface area contributed by atoms with Gasteiger partial charge in [0, 0.05) is 17.3 Å². The minimum absolute atomic E-state index is 0.149. The number of anilines is 1. The number of ketones is 1. The molecular formula is C15H13F2NO. The van der Waals surface area contributed by atoms with E-state index >= 15 is 0 Å². The van der Waals surface area contributed by atoms with E-state index in [1.165, 1.54) is 19.1 Å². The number of carbonyl (C=O) groups is 1. The lowest BCUT2D eigenvalue weighted by Gasteiger charge is -2.07. The van der Waals surface area contributed by atoms with E-state index in [1.54, 1.807) is 19.1 Å². The standard InChI is InChI=1S/C15H13F2NO/c1-8-3-10(6-11(18)4-8)15(19)12-5-9(2)13(16)7-14(12)17/h3-7H,18H2,1-2H3. The third-order valence-electron chi connectivity index (χ3n) is 2.85. The summed E-state index contributed by atoms with van der Waals surface area (Å²) in [6.45, 7) is 3.27. The van der Waals surface area contributed by atoms with Crippen LogP contribution in [0.3, 0.4) is 0 Å². The van der Waals surface area contributed by atoms with Crippen LogP contribution in [0.25, 0.3) is 0 Å². The Labute approximate surface area is 109 Å². The van der Waals surface area contributed by atoms with Crippen molar-refractivity contribution in [3.8, 4) is 0 Å². The van der Waals surface area contributed by atoms with Crippen LogP contribution in [0.4, 0.5) is 14.5 Å². The van der Waals surface area contributed by atoms with E-state index in [4.69, 9.17) is 5.73 Å². The number of halogens is 2. The summed E-state index contributed by atoms with van der Waals surface area (Å²) in [5.74, 6) is -2.04. The Morgan fingerprint density at radius 3 is 2.32 bits per heavy atom. The average Bonchev–Trinajstić information content (AvgIpc) is 2.31. The second kappa shape index (κ2) is 4.80. The Morgan fingerprint density at radius 1 is 1.00 bits per heavy atom. The molecule has 2 rings (SSSR count). The summed E-state index contributed by atoms with van der Waals surface area (Å²) in [6, 6.07) is 6.75. The van der Waals surface area contributed by atoms with Crippen LogP contribution < -0.4 is 5.73 Å². The maximum atomic E-state index is 13.7. The molecule has 0 spiro atoms. The van der Waals surface area contributed by atoms with Crippen molar-refractivity contribution >= 4 is 11.5 Å². The average molecular weight is 261 g/mol. The maximum absolute atomic E-state index is 13.7. The molecular weight excluding hydrogens is 248 g/mol. The van der Waals surface area contributed by atoms with Crippen LogP contribution in [-0.4, -0.2) is 5.78 Å². The van der Waals surface area contributed by atoms with Crippen LogP contribution in [0.1, 0.15) is 27.0 Å². The van der Waals surface area contributed by atoms with Gasteiger partial charge in [0.15, 0.2) is 5.78 Å². The SMILES string of the molecule is Cc1cc(N)cc(C(=O)c2cc(C)c(F)cc2F)c1. The summed E-state index contributed by atoms with van der Waals surface area (Å²) in [6.07, 6.45) is 0. The van der Waals surface area contributed by atoms with Gasteiger partial charge in [-0.1, -0.05) is 0 Å². The predicted octanol–water partition coefficient (Wildman–Crippen LogP) is 3.39. The number of nitrogen functional groups attached to an aromatic ring is 1. The molecule has 0 aliphatic carbocycles. The van der Waals surface area contributed by atoms with Gasteiger partial charge in [-0.3, -0.25) is 4.79 Å². The molecule has 0 aliphatic heterocycles. The number of hydrogen-bond acceptors (Lipinski definition) is 2. The molecule has 0 aromatic heterocycles. The second-order valence-electron chi connectivity index (χ2n) is 4.54. The van der Waals surface area contributed by atoms with Crippen molar-refractivity contribution in [2.24, 2.45) is 0 Å². The topological polar surface area (TPSA) is 43.1 Å². The Morgan fingerprint density at radius 2 is 1.68 bits per heavy atom. The normalized spacial score (nSPS) is 10.5. The van der Waals surface area contributed by atoms with Crippen molar-refractivity contribution in [3.05, 3.63) is 64.2 Å². The Balaban J connectivity index is 2.53. The van der Waals surface area contributed by atoms with Crippen molar-refractivity contribution in [1.82, 2.24) is 0 Å². The molecule has 0 heterocycles. The smallest absolute Gasteiger partial charge is 0.196 e. The van der Waals surface area contributed by atoms with E-state index in [0.717, 1.165) is 11.6 Å². The van der Waals surface area contributed by atoms with E-state index in [2.05, 4.69) is 0 Å². The van der Waals surface area contributed by atoms with Crippen molar-refractivity contribution in [3.63, 3.8) is 0 Å². The van der Waals surface area contributed by atoms with Crippen LogP contribution >= 0.6 is 0 Å². The first-order valence-corrected chi connectivity index (χ1v) is 5.76. The molecule has 0 atom stereocenters. The molecule has 0 aliphatic rings. The lowest BCUT2D eigenvalue weighted by molar-refractivity contribution is 0.103. The van der Waals surface area contributed by atoms with Crippen molar-refractivity contribution in [1.29, 1.82) is 0 Å². The zero-order valence-corrected chi connectivity index (χ0v) is 10.6. The molecule has 0 unspecified atom stereocenters. The van der Waals surface area contributed by atoms with Gasteiger partial charge in [-0.15, -0.1) is 0 Å². The summed E-state index contributed by atoms with van der Waals surface area (Å²) >= 11 is 0. The van der Waals surface area contributed by atoms with Gasteiger partial charge in [-0.05, 0) is 49.2 Å². The third-order valence-corrected chi connectivity index (χ3v) is 2.85. The van der Waals surface area contributed by atoms with Gasteiger partial charge in [-0.2, -0.15) is 0 Å². The molecule has 98 valence electrons. The Kier molecular flexibility index (Phi) is 3.34. The third kappa shape index (κ3) is 2.62. The Bertz CT molecular complexity index is 645. The minimum atomic E-state index is -0.867. The lowest BCUT2D eigenvalue weighted by atomic mass is 9.99. The quantitative estimate of drug-likeness (QED) is 0.665. The van der Waals surface area contributed by atoms with Crippen LogP contribution in [0.15, 0.2) is 30.3 Å². The molecule has 0 saturated heterocycles.